The molecule has 1 heterocycles. The van der Waals surface area contributed by atoms with Gasteiger partial charge in [0.25, 0.3) is 5.91 Å². The lowest BCUT2D eigenvalue weighted by molar-refractivity contribution is -0.120. The lowest BCUT2D eigenvalue weighted by atomic mass is 10.2. The maximum absolute atomic E-state index is 12.2. The highest BCUT2D eigenvalue weighted by atomic mass is 32.2. The summed E-state index contributed by atoms with van der Waals surface area (Å²) in [6, 6.07) is 9.21. The largest absolute Gasteiger partial charge is 0.611 e. The molecule has 1 amide bonds. The molecule has 2 rings (SSSR count). The van der Waals surface area contributed by atoms with Crippen LogP contribution in [0.2, 0.25) is 0 Å². The van der Waals surface area contributed by atoms with E-state index in [9.17, 15) is 9.35 Å². The molecule has 3 nitrogen and oxygen atoms in total. The molecular formula is C12H15NO2S. The molecule has 4 heteroatoms. The molecule has 0 aliphatic carbocycles. The van der Waals surface area contributed by atoms with Crippen molar-refractivity contribution in [2.75, 3.05) is 6.54 Å². The van der Waals surface area contributed by atoms with Gasteiger partial charge in [-0.3, -0.25) is 4.79 Å². The predicted octanol–water partition coefficient (Wildman–Crippen LogP) is 1.46. The quantitative estimate of drug-likeness (QED) is 0.792. The number of hydrogen-bond donors (Lipinski definition) is 1. The summed E-state index contributed by atoms with van der Waals surface area (Å²) in [5.41, 5.74) is 0. The Labute approximate surface area is 98.4 Å². The van der Waals surface area contributed by atoms with Crippen LogP contribution in [-0.2, 0) is 16.0 Å². The molecule has 2 unspecified atom stereocenters. The number of benzene rings is 1. The van der Waals surface area contributed by atoms with Gasteiger partial charge in [0.05, 0.1) is 0 Å². The summed E-state index contributed by atoms with van der Waals surface area (Å²) in [5, 5.41) is 2.43. The van der Waals surface area contributed by atoms with Crippen LogP contribution in [-0.4, -0.2) is 22.3 Å². The molecule has 0 spiro atoms. The first-order valence-electron chi connectivity index (χ1n) is 5.52. The van der Waals surface area contributed by atoms with Crippen LogP contribution in [0.15, 0.2) is 35.2 Å². The molecule has 0 saturated carbocycles. The summed E-state index contributed by atoms with van der Waals surface area (Å²) in [4.78, 5) is 12.5. The maximum atomic E-state index is 12.2. The second-order valence-corrected chi connectivity index (χ2v) is 5.52. The molecule has 1 aliphatic rings. The molecule has 0 bridgehead atoms. The van der Waals surface area contributed by atoms with Crippen molar-refractivity contribution in [2.24, 2.45) is 0 Å². The summed E-state index contributed by atoms with van der Waals surface area (Å²) >= 11 is -1.22. The van der Waals surface area contributed by atoms with Crippen LogP contribution >= 0.6 is 0 Å². The summed E-state index contributed by atoms with van der Waals surface area (Å²) < 4.78 is 12.2. The van der Waals surface area contributed by atoms with Crippen LogP contribution in [0.5, 0.6) is 0 Å². The van der Waals surface area contributed by atoms with E-state index in [4.69, 9.17) is 0 Å². The summed E-state index contributed by atoms with van der Waals surface area (Å²) in [6.45, 7) is 0.710. The SMILES string of the molecule is O=C1NCCCCC1[S+]([O-])c1ccccc1. The number of amides is 1. The van der Waals surface area contributed by atoms with E-state index >= 15 is 0 Å². The molecule has 1 aromatic carbocycles. The molecule has 0 aromatic heterocycles. The predicted molar refractivity (Wildman–Crippen MR) is 63.5 cm³/mol. The molecule has 0 radical (unpaired) electrons. The number of carbonyl (C=O) groups excluding carboxylic acids is 1. The number of rotatable bonds is 2. The average Bonchev–Trinajstić information content (AvgIpc) is 2.54. The van der Waals surface area contributed by atoms with E-state index in [0.29, 0.717) is 13.0 Å². The fourth-order valence-electron chi connectivity index (χ4n) is 1.83. The summed E-state index contributed by atoms with van der Waals surface area (Å²) in [5.74, 6) is -0.0697. The van der Waals surface area contributed by atoms with Gasteiger partial charge in [-0.25, -0.2) is 0 Å². The van der Waals surface area contributed by atoms with Crippen LogP contribution in [0, 0.1) is 0 Å². The van der Waals surface area contributed by atoms with Gasteiger partial charge in [-0.1, -0.05) is 18.2 Å². The number of hydrogen-bond acceptors (Lipinski definition) is 2. The molecule has 2 atom stereocenters. The molecule has 86 valence electrons. The van der Waals surface area contributed by atoms with Crippen molar-refractivity contribution in [3.8, 4) is 0 Å². The lowest BCUT2D eigenvalue weighted by Gasteiger charge is -2.18. The molecule has 1 aliphatic heterocycles. The third-order valence-corrected chi connectivity index (χ3v) is 4.42. The second-order valence-electron chi connectivity index (χ2n) is 3.89. The molecule has 1 fully saturated rings. The second kappa shape index (κ2) is 5.37. The molecule has 1 saturated heterocycles. The third kappa shape index (κ3) is 2.57. The van der Waals surface area contributed by atoms with Gasteiger partial charge < -0.3 is 9.87 Å². The van der Waals surface area contributed by atoms with Crippen molar-refractivity contribution in [3.05, 3.63) is 30.3 Å². The Morgan fingerprint density at radius 1 is 1.25 bits per heavy atom. The van der Waals surface area contributed by atoms with Gasteiger partial charge >= 0.3 is 0 Å². The zero-order chi connectivity index (χ0) is 11.4. The highest BCUT2D eigenvalue weighted by Crippen LogP contribution is 2.21. The summed E-state index contributed by atoms with van der Waals surface area (Å²) in [6.07, 6.45) is 2.66. The number of carbonyl (C=O) groups is 1. The van der Waals surface area contributed by atoms with Crippen LogP contribution in [0.3, 0.4) is 0 Å². The first kappa shape index (κ1) is 11.5. The van der Waals surface area contributed by atoms with Crippen molar-refractivity contribution < 1.29 is 9.35 Å². The van der Waals surface area contributed by atoms with E-state index in [1.54, 1.807) is 0 Å². The van der Waals surface area contributed by atoms with Crippen molar-refractivity contribution in [3.63, 3.8) is 0 Å². The highest BCUT2D eigenvalue weighted by molar-refractivity contribution is 7.92. The smallest absolute Gasteiger partial charge is 0.273 e. The Bertz CT molecular complexity index is 355. The fourth-order valence-corrected chi connectivity index (χ4v) is 3.25. The maximum Gasteiger partial charge on any atom is 0.273 e. The van der Waals surface area contributed by atoms with Crippen LogP contribution in [0.1, 0.15) is 19.3 Å². The number of nitrogens with one attached hydrogen (secondary N) is 1. The minimum atomic E-state index is -1.22. The van der Waals surface area contributed by atoms with E-state index in [1.165, 1.54) is 0 Å². The Balaban J connectivity index is 2.13. The van der Waals surface area contributed by atoms with Gasteiger partial charge in [0.15, 0.2) is 10.1 Å². The Morgan fingerprint density at radius 2 is 2.00 bits per heavy atom. The minimum absolute atomic E-state index is 0.0697. The van der Waals surface area contributed by atoms with Gasteiger partial charge in [-0.05, 0) is 36.2 Å². The molecule has 16 heavy (non-hydrogen) atoms. The van der Waals surface area contributed by atoms with Gasteiger partial charge in [0, 0.05) is 13.0 Å². The van der Waals surface area contributed by atoms with Crippen molar-refractivity contribution in [1.82, 2.24) is 5.32 Å². The average molecular weight is 237 g/mol. The molecule has 1 aromatic rings. The molecular weight excluding hydrogens is 222 g/mol. The van der Waals surface area contributed by atoms with E-state index < -0.39 is 11.2 Å². The van der Waals surface area contributed by atoms with Gasteiger partial charge in [-0.15, -0.1) is 0 Å². The first-order chi connectivity index (χ1) is 7.79. The van der Waals surface area contributed by atoms with Gasteiger partial charge in [-0.2, -0.15) is 0 Å². The minimum Gasteiger partial charge on any atom is -0.611 e. The zero-order valence-corrected chi connectivity index (χ0v) is 9.83. The van der Waals surface area contributed by atoms with Crippen molar-refractivity contribution in [2.45, 2.75) is 29.4 Å². The van der Waals surface area contributed by atoms with E-state index in [-0.39, 0.29) is 11.2 Å². The van der Waals surface area contributed by atoms with Crippen molar-refractivity contribution in [1.29, 1.82) is 0 Å². The Kier molecular flexibility index (Phi) is 3.85. The van der Waals surface area contributed by atoms with Crippen LogP contribution in [0.4, 0.5) is 0 Å². The van der Waals surface area contributed by atoms with E-state index in [0.717, 1.165) is 17.7 Å². The Morgan fingerprint density at radius 3 is 2.75 bits per heavy atom. The van der Waals surface area contributed by atoms with Gasteiger partial charge in [0.1, 0.15) is 0 Å². The van der Waals surface area contributed by atoms with Crippen LogP contribution in [0.25, 0.3) is 0 Å². The zero-order valence-electron chi connectivity index (χ0n) is 9.02. The molecule has 1 N–H and O–H groups in total. The highest BCUT2D eigenvalue weighted by Gasteiger charge is 2.32. The first-order valence-corrected chi connectivity index (χ1v) is 6.73. The summed E-state index contributed by atoms with van der Waals surface area (Å²) in [7, 11) is 0. The van der Waals surface area contributed by atoms with Crippen molar-refractivity contribution >= 4 is 17.1 Å². The monoisotopic (exact) mass is 237 g/mol. The fraction of sp³-hybridized carbons (Fsp3) is 0.417. The third-order valence-electron chi connectivity index (χ3n) is 2.72. The topological polar surface area (TPSA) is 52.2 Å². The van der Waals surface area contributed by atoms with Gasteiger partial charge in [0.2, 0.25) is 0 Å². The van der Waals surface area contributed by atoms with E-state index in [1.807, 2.05) is 30.3 Å². The van der Waals surface area contributed by atoms with Crippen LogP contribution < -0.4 is 5.32 Å². The standard InChI is InChI=1S/C12H15NO2S/c14-12-11(8-4-5-9-13-12)16(15)10-6-2-1-3-7-10/h1-3,6-7,11H,4-5,8-9H2,(H,13,14). The van der Waals surface area contributed by atoms with E-state index in [2.05, 4.69) is 5.32 Å². The Hall–Kier alpha value is -1.00. The normalized spacial score (nSPS) is 23.3. The lowest BCUT2D eigenvalue weighted by Crippen LogP contribution is -2.38.